The van der Waals surface area contributed by atoms with Gasteiger partial charge >= 0.3 is 0 Å². The molecule has 0 spiro atoms. The van der Waals surface area contributed by atoms with Crippen LogP contribution in [-0.2, 0) is 17.6 Å². The van der Waals surface area contributed by atoms with Crippen molar-refractivity contribution in [2.24, 2.45) is 5.92 Å². The summed E-state index contributed by atoms with van der Waals surface area (Å²) < 4.78 is 0. The Hall–Kier alpha value is -2.60. The van der Waals surface area contributed by atoms with E-state index in [0.29, 0.717) is 11.3 Å². The number of nitriles is 1. The zero-order chi connectivity index (χ0) is 14.7. The first-order valence-corrected chi connectivity index (χ1v) is 7.14. The highest BCUT2D eigenvalue weighted by Gasteiger charge is 2.24. The molecule has 0 saturated heterocycles. The second kappa shape index (κ2) is 5.80. The monoisotopic (exact) mass is 276 g/mol. The number of nitrogens with zero attached hydrogens (tertiary/aromatic N) is 1. The Bertz CT molecular complexity index is 715. The SMILES string of the molecule is N#Cc1ccccc1NC(=O)C1CCc2ccccc2C1. The Morgan fingerprint density at radius 1 is 1.10 bits per heavy atom. The van der Waals surface area contributed by atoms with Crippen molar-refractivity contribution < 1.29 is 4.79 Å². The van der Waals surface area contributed by atoms with Gasteiger partial charge in [-0.05, 0) is 42.5 Å². The van der Waals surface area contributed by atoms with E-state index in [2.05, 4.69) is 23.5 Å². The predicted molar refractivity (Wildman–Crippen MR) is 81.7 cm³/mol. The normalized spacial score (nSPS) is 16.6. The van der Waals surface area contributed by atoms with Crippen LogP contribution in [0.25, 0.3) is 0 Å². The average Bonchev–Trinajstić information content (AvgIpc) is 2.55. The number of benzene rings is 2. The van der Waals surface area contributed by atoms with Crippen molar-refractivity contribution in [3.8, 4) is 6.07 Å². The largest absolute Gasteiger partial charge is 0.325 e. The molecule has 1 N–H and O–H groups in total. The molecular weight excluding hydrogens is 260 g/mol. The van der Waals surface area contributed by atoms with Crippen LogP contribution in [0, 0.1) is 17.2 Å². The maximum Gasteiger partial charge on any atom is 0.227 e. The van der Waals surface area contributed by atoms with E-state index in [1.807, 2.05) is 18.2 Å². The second-order valence-corrected chi connectivity index (χ2v) is 5.36. The maximum atomic E-state index is 12.4. The Kier molecular flexibility index (Phi) is 3.70. The third-order valence-electron chi connectivity index (χ3n) is 4.02. The van der Waals surface area contributed by atoms with Crippen LogP contribution >= 0.6 is 0 Å². The third-order valence-corrected chi connectivity index (χ3v) is 4.02. The third kappa shape index (κ3) is 2.80. The fourth-order valence-corrected chi connectivity index (χ4v) is 2.85. The van der Waals surface area contributed by atoms with E-state index in [9.17, 15) is 4.79 Å². The lowest BCUT2D eigenvalue weighted by Crippen LogP contribution is -2.28. The summed E-state index contributed by atoms with van der Waals surface area (Å²) in [5.74, 6) is -0.0150. The zero-order valence-corrected chi connectivity index (χ0v) is 11.7. The molecule has 104 valence electrons. The zero-order valence-electron chi connectivity index (χ0n) is 11.7. The van der Waals surface area contributed by atoms with Crippen LogP contribution in [0.2, 0.25) is 0 Å². The van der Waals surface area contributed by atoms with Gasteiger partial charge in [0.05, 0.1) is 11.3 Å². The van der Waals surface area contributed by atoms with E-state index < -0.39 is 0 Å². The Balaban J connectivity index is 1.74. The van der Waals surface area contributed by atoms with Gasteiger partial charge in [0.2, 0.25) is 5.91 Å². The number of carbonyl (C=O) groups is 1. The number of hydrogen-bond acceptors (Lipinski definition) is 2. The summed E-state index contributed by atoms with van der Waals surface area (Å²) in [5, 5.41) is 12.0. The minimum absolute atomic E-state index is 0.00667. The van der Waals surface area contributed by atoms with Crippen molar-refractivity contribution >= 4 is 11.6 Å². The number of hydrogen-bond donors (Lipinski definition) is 1. The van der Waals surface area contributed by atoms with Gasteiger partial charge in [-0.25, -0.2) is 0 Å². The summed E-state index contributed by atoms with van der Waals surface area (Å²) in [6, 6.07) is 17.5. The Morgan fingerprint density at radius 2 is 1.81 bits per heavy atom. The van der Waals surface area contributed by atoms with Gasteiger partial charge in [-0.3, -0.25) is 4.79 Å². The lowest BCUT2D eigenvalue weighted by Gasteiger charge is -2.24. The Morgan fingerprint density at radius 3 is 2.62 bits per heavy atom. The number of para-hydroxylation sites is 1. The molecule has 0 bridgehead atoms. The summed E-state index contributed by atoms with van der Waals surface area (Å²) in [6.45, 7) is 0. The van der Waals surface area contributed by atoms with Crippen molar-refractivity contribution in [2.45, 2.75) is 19.3 Å². The molecule has 1 atom stereocenters. The lowest BCUT2D eigenvalue weighted by atomic mass is 9.83. The molecule has 1 unspecified atom stereocenters. The first-order chi connectivity index (χ1) is 10.3. The fraction of sp³-hybridized carbons (Fsp3) is 0.222. The Labute approximate surface area is 124 Å². The van der Waals surface area contributed by atoms with E-state index in [0.717, 1.165) is 19.3 Å². The topological polar surface area (TPSA) is 52.9 Å². The average molecular weight is 276 g/mol. The van der Waals surface area contributed by atoms with Crippen molar-refractivity contribution in [1.29, 1.82) is 5.26 Å². The van der Waals surface area contributed by atoms with Gasteiger partial charge in [-0.1, -0.05) is 36.4 Å². The number of aryl methyl sites for hydroxylation is 1. The molecule has 0 saturated carbocycles. The molecule has 3 rings (SSSR count). The molecule has 1 aliphatic carbocycles. The number of nitrogens with one attached hydrogen (secondary N) is 1. The first-order valence-electron chi connectivity index (χ1n) is 7.14. The van der Waals surface area contributed by atoms with Crippen molar-refractivity contribution in [3.63, 3.8) is 0 Å². The molecule has 3 nitrogen and oxygen atoms in total. The number of rotatable bonds is 2. The quantitative estimate of drug-likeness (QED) is 0.915. The molecule has 0 aliphatic heterocycles. The maximum absolute atomic E-state index is 12.4. The number of amides is 1. The van der Waals surface area contributed by atoms with Gasteiger partial charge in [0.15, 0.2) is 0 Å². The number of anilines is 1. The minimum Gasteiger partial charge on any atom is -0.325 e. The van der Waals surface area contributed by atoms with E-state index in [-0.39, 0.29) is 11.8 Å². The van der Waals surface area contributed by atoms with E-state index in [1.54, 1.807) is 18.2 Å². The van der Waals surface area contributed by atoms with Gasteiger partial charge in [0.1, 0.15) is 6.07 Å². The van der Waals surface area contributed by atoms with Gasteiger partial charge in [0.25, 0.3) is 0 Å². The van der Waals surface area contributed by atoms with Crippen LogP contribution in [0.3, 0.4) is 0 Å². The smallest absolute Gasteiger partial charge is 0.227 e. The van der Waals surface area contributed by atoms with Crippen molar-refractivity contribution in [1.82, 2.24) is 0 Å². The van der Waals surface area contributed by atoms with E-state index in [1.165, 1.54) is 11.1 Å². The minimum atomic E-state index is -0.0216. The molecule has 21 heavy (non-hydrogen) atoms. The number of carbonyl (C=O) groups excluding carboxylic acids is 1. The summed E-state index contributed by atoms with van der Waals surface area (Å²) in [6.07, 6.45) is 2.57. The fourth-order valence-electron chi connectivity index (χ4n) is 2.85. The van der Waals surface area contributed by atoms with Crippen LogP contribution in [0.4, 0.5) is 5.69 Å². The highest BCUT2D eigenvalue weighted by Crippen LogP contribution is 2.26. The molecule has 0 heterocycles. The van der Waals surface area contributed by atoms with Crippen LogP contribution in [0.5, 0.6) is 0 Å². The van der Waals surface area contributed by atoms with Gasteiger partial charge in [-0.15, -0.1) is 0 Å². The summed E-state index contributed by atoms with van der Waals surface area (Å²) in [4.78, 5) is 12.4. The summed E-state index contributed by atoms with van der Waals surface area (Å²) in [7, 11) is 0. The predicted octanol–water partition coefficient (Wildman–Crippen LogP) is 3.30. The van der Waals surface area contributed by atoms with Gasteiger partial charge < -0.3 is 5.32 Å². The van der Waals surface area contributed by atoms with E-state index >= 15 is 0 Å². The van der Waals surface area contributed by atoms with Crippen LogP contribution < -0.4 is 5.32 Å². The second-order valence-electron chi connectivity index (χ2n) is 5.36. The van der Waals surface area contributed by atoms with Gasteiger partial charge in [0, 0.05) is 5.92 Å². The molecule has 3 heteroatoms. The molecular formula is C18H16N2O. The molecule has 0 fully saturated rings. The first kappa shape index (κ1) is 13.4. The number of fused-ring (bicyclic) bond motifs is 1. The highest BCUT2D eigenvalue weighted by atomic mass is 16.1. The standard InChI is InChI=1S/C18H16N2O/c19-12-16-7-3-4-8-17(16)20-18(21)15-10-9-13-5-1-2-6-14(13)11-15/h1-8,15H,9-11H2,(H,20,21). The summed E-state index contributed by atoms with van der Waals surface area (Å²) >= 11 is 0. The van der Waals surface area contributed by atoms with Crippen molar-refractivity contribution in [3.05, 3.63) is 65.2 Å². The van der Waals surface area contributed by atoms with Gasteiger partial charge in [-0.2, -0.15) is 5.26 Å². The van der Waals surface area contributed by atoms with E-state index in [4.69, 9.17) is 5.26 Å². The summed E-state index contributed by atoms with van der Waals surface area (Å²) in [5.41, 5.74) is 3.71. The van der Waals surface area contributed by atoms with Crippen molar-refractivity contribution in [2.75, 3.05) is 5.32 Å². The molecule has 1 aliphatic rings. The molecule has 2 aromatic carbocycles. The molecule has 1 amide bonds. The lowest BCUT2D eigenvalue weighted by molar-refractivity contribution is -0.120. The molecule has 2 aromatic rings. The van der Waals surface area contributed by atoms with Crippen LogP contribution in [0.15, 0.2) is 48.5 Å². The molecule has 0 aromatic heterocycles. The highest BCUT2D eigenvalue weighted by molar-refractivity contribution is 5.94. The molecule has 0 radical (unpaired) electrons. The van der Waals surface area contributed by atoms with Crippen LogP contribution in [-0.4, -0.2) is 5.91 Å². The van der Waals surface area contributed by atoms with Crippen LogP contribution in [0.1, 0.15) is 23.1 Å².